The van der Waals surface area contributed by atoms with Gasteiger partial charge in [-0.15, -0.1) is 0 Å². The van der Waals surface area contributed by atoms with Crippen LogP contribution in [0.25, 0.3) is 0 Å². The summed E-state index contributed by atoms with van der Waals surface area (Å²) in [6, 6.07) is 0. The van der Waals surface area contributed by atoms with Crippen LogP contribution >= 0.6 is 0 Å². The van der Waals surface area contributed by atoms with Crippen molar-refractivity contribution >= 4 is 0 Å². The van der Waals surface area contributed by atoms with Crippen LogP contribution in [0.3, 0.4) is 0 Å². The van der Waals surface area contributed by atoms with Crippen LogP contribution in [0, 0.1) is 11.3 Å². The van der Waals surface area contributed by atoms with Gasteiger partial charge in [-0.2, -0.15) is 0 Å². The molecule has 1 rings (SSSR count). The Bertz CT molecular complexity index is 140. The van der Waals surface area contributed by atoms with Crippen LogP contribution in [0.15, 0.2) is 0 Å². The Morgan fingerprint density at radius 3 is 2.14 bits per heavy atom. The van der Waals surface area contributed by atoms with Crippen molar-refractivity contribution in [2.75, 3.05) is 0 Å². The molecule has 0 unspecified atom stereocenters. The van der Waals surface area contributed by atoms with Gasteiger partial charge in [0.1, 0.15) is 0 Å². The molecular formula is C14H28. The number of rotatable bonds is 6. The van der Waals surface area contributed by atoms with E-state index < -0.39 is 0 Å². The van der Waals surface area contributed by atoms with E-state index in [1.54, 1.807) is 0 Å². The molecule has 84 valence electrons. The maximum Gasteiger partial charge on any atom is -0.0274 e. The van der Waals surface area contributed by atoms with Crippen LogP contribution in [-0.2, 0) is 0 Å². The fraction of sp³-hybridized carbons (Fsp3) is 1.00. The molecule has 0 bridgehead atoms. The molecule has 0 heterocycles. The number of hydrogen-bond donors (Lipinski definition) is 0. The zero-order valence-electron chi connectivity index (χ0n) is 10.4. The van der Waals surface area contributed by atoms with E-state index in [1.165, 1.54) is 57.8 Å². The van der Waals surface area contributed by atoms with E-state index >= 15 is 0 Å². The highest BCUT2D eigenvalue weighted by Crippen LogP contribution is 2.47. The first-order valence-electron chi connectivity index (χ1n) is 6.71. The van der Waals surface area contributed by atoms with Gasteiger partial charge in [0.2, 0.25) is 0 Å². The second-order valence-electron chi connectivity index (χ2n) is 5.53. The Hall–Kier alpha value is 0. The van der Waals surface area contributed by atoms with E-state index in [2.05, 4.69) is 20.8 Å². The molecule has 0 spiro atoms. The van der Waals surface area contributed by atoms with Crippen LogP contribution < -0.4 is 0 Å². The Balaban J connectivity index is 2.29. The lowest BCUT2D eigenvalue weighted by atomic mass is 9.72. The molecule has 1 saturated carbocycles. The fourth-order valence-electron chi connectivity index (χ4n) is 3.10. The first-order chi connectivity index (χ1) is 6.71. The van der Waals surface area contributed by atoms with Crippen molar-refractivity contribution in [1.29, 1.82) is 0 Å². The van der Waals surface area contributed by atoms with Gasteiger partial charge in [-0.05, 0) is 30.6 Å². The topological polar surface area (TPSA) is 0 Å². The molecule has 0 atom stereocenters. The van der Waals surface area contributed by atoms with Gasteiger partial charge in [-0.3, -0.25) is 0 Å². The summed E-state index contributed by atoms with van der Waals surface area (Å²) in [5.41, 5.74) is 0.744. The van der Waals surface area contributed by atoms with Crippen LogP contribution in [0.1, 0.15) is 78.6 Å². The van der Waals surface area contributed by atoms with Gasteiger partial charge in [-0.25, -0.2) is 0 Å². The Morgan fingerprint density at radius 1 is 1.00 bits per heavy atom. The third kappa shape index (κ3) is 3.00. The molecule has 0 aliphatic heterocycles. The van der Waals surface area contributed by atoms with Crippen molar-refractivity contribution < 1.29 is 0 Å². The van der Waals surface area contributed by atoms with Gasteiger partial charge < -0.3 is 0 Å². The van der Waals surface area contributed by atoms with Crippen LogP contribution in [0.2, 0.25) is 0 Å². The van der Waals surface area contributed by atoms with Gasteiger partial charge in [0.25, 0.3) is 0 Å². The minimum absolute atomic E-state index is 0.744. The van der Waals surface area contributed by atoms with Crippen molar-refractivity contribution in [2.24, 2.45) is 11.3 Å². The zero-order chi connectivity index (χ0) is 10.4. The third-order valence-electron chi connectivity index (χ3n) is 4.35. The van der Waals surface area contributed by atoms with Crippen molar-refractivity contribution in [3.63, 3.8) is 0 Å². The Kier molecular flexibility index (Phi) is 4.98. The fourth-order valence-corrected chi connectivity index (χ4v) is 3.10. The third-order valence-corrected chi connectivity index (χ3v) is 4.35. The SMILES string of the molecule is CCCCCCC1(C(C)C)CCCC1. The van der Waals surface area contributed by atoms with Crippen molar-refractivity contribution in [3.8, 4) is 0 Å². The van der Waals surface area contributed by atoms with E-state index in [1.807, 2.05) is 0 Å². The lowest BCUT2D eigenvalue weighted by molar-refractivity contribution is 0.172. The average molecular weight is 196 g/mol. The lowest BCUT2D eigenvalue weighted by Crippen LogP contribution is -2.23. The minimum Gasteiger partial charge on any atom is -0.0654 e. The van der Waals surface area contributed by atoms with E-state index in [0.29, 0.717) is 0 Å². The van der Waals surface area contributed by atoms with Gasteiger partial charge in [0, 0.05) is 0 Å². The van der Waals surface area contributed by atoms with E-state index in [4.69, 9.17) is 0 Å². The average Bonchev–Trinajstić information content (AvgIpc) is 2.62. The Labute approximate surface area is 90.5 Å². The predicted octanol–water partition coefficient (Wildman–Crippen LogP) is 5.17. The molecule has 0 aromatic carbocycles. The summed E-state index contributed by atoms with van der Waals surface area (Å²) < 4.78 is 0. The van der Waals surface area contributed by atoms with Gasteiger partial charge in [0.15, 0.2) is 0 Å². The van der Waals surface area contributed by atoms with Gasteiger partial charge >= 0.3 is 0 Å². The summed E-state index contributed by atoms with van der Waals surface area (Å²) in [6.45, 7) is 7.17. The van der Waals surface area contributed by atoms with E-state index in [0.717, 1.165) is 11.3 Å². The van der Waals surface area contributed by atoms with Crippen molar-refractivity contribution in [2.45, 2.75) is 78.6 Å². The molecule has 1 aliphatic carbocycles. The standard InChI is InChI=1S/C14H28/c1-4-5-6-7-10-14(13(2)3)11-8-9-12-14/h13H,4-12H2,1-3H3. The summed E-state index contributed by atoms with van der Waals surface area (Å²) >= 11 is 0. The number of hydrogen-bond acceptors (Lipinski definition) is 0. The molecule has 0 N–H and O–H groups in total. The molecule has 0 aromatic rings. The summed E-state index contributed by atoms with van der Waals surface area (Å²) in [4.78, 5) is 0. The maximum absolute atomic E-state index is 2.44. The van der Waals surface area contributed by atoms with Crippen LogP contribution in [0.5, 0.6) is 0 Å². The normalized spacial score (nSPS) is 20.6. The first-order valence-corrected chi connectivity index (χ1v) is 6.71. The zero-order valence-corrected chi connectivity index (χ0v) is 10.4. The van der Waals surface area contributed by atoms with Gasteiger partial charge in [0.05, 0.1) is 0 Å². The van der Waals surface area contributed by atoms with Crippen molar-refractivity contribution in [3.05, 3.63) is 0 Å². The lowest BCUT2D eigenvalue weighted by Gasteiger charge is -2.33. The highest BCUT2D eigenvalue weighted by atomic mass is 14.4. The molecule has 0 aromatic heterocycles. The summed E-state index contributed by atoms with van der Waals surface area (Å²) in [6.07, 6.45) is 13.3. The molecule has 1 aliphatic rings. The van der Waals surface area contributed by atoms with Crippen LogP contribution in [0.4, 0.5) is 0 Å². The molecule has 0 radical (unpaired) electrons. The summed E-state index contributed by atoms with van der Waals surface area (Å²) in [5.74, 6) is 0.909. The minimum atomic E-state index is 0.744. The largest absolute Gasteiger partial charge is 0.0654 e. The monoisotopic (exact) mass is 196 g/mol. The van der Waals surface area contributed by atoms with E-state index in [9.17, 15) is 0 Å². The van der Waals surface area contributed by atoms with E-state index in [-0.39, 0.29) is 0 Å². The quantitative estimate of drug-likeness (QED) is 0.514. The highest BCUT2D eigenvalue weighted by Gasteiger charge is 2.35. The summed E-state index contributed by atoms with van der Waals surface area (Å²) in [5, 5.41) is 0. The number of unbranched alkanes of at least 4 members (excludes halogenated alkanes) is 3. The maximum atomic E-state index is 2.44. The molecule has 14 heavy (non-hydrogen) atoms. The highest BCUT2D eigenvalue weighted by molar-refractivity contribution is 4.86. The molecule has 0 amide bonds. The second-order valence-corrected chi connectivity index (χ2v) is 5.53. The predicted molar refractivity (Wildman–Crippen MR) is 64.5 cm³/mol. The molecule has 0 heteroatoms. The van der Waals surface area contributed by atoms with Crippen LogP contribution in [-0.4, -0.2) is 0 Å². The van der Waals surface area contributed by atoms with Crippen molar-refractivity contribution in [1.82, 2.24) is 0 Å². The molecular weight excluding hydrogens is 168 g/mol. The summed E-state index contributed by atoms with van der Waals surface area (Å²) in [7, 11) is 0. The molecule has 1 fully saturated rings. The molecule has 0 nitrogen and oxygen atoms in total. The Morgan fingerprint density at radius 2 is 1.64 bits per heavy atom. The molecule has 0 saturated heterocycles. The smallest absolute Gasteiger partial charge is 0.0274 e. The second kappa shape index (κ2) is 5.78. The van der Waals surface area contributed by atoms with Gasteiger partial charge in [-0.1, -0.05) is 59.3 Å². The first kappa shape index (κ1) is 12.1.